The highest BCUT2D eigenvalue weighted by atomic mass is 16.6. The summed E-state index contributed by atoms with van der Waals surface area (Å²) in [5, 5.41) is 0. The zero-order valence-corrected chi connectivity index (χ0v) is 76.7. The molecule has 0 saturated carbocycles. The molecule has 2 fully saturated rings. The van der Waals surface area contributed by atoms with Crippen LogP contribution in [0, 0.1) is 27.7 Å². The monoisotopic (exact) mass is 1770 g/mol. The fourth-order valence-corrected chi connectivity index (χ4v) is 14.3. The molecule has 8 aromatic carbocycles. The second-order valence-electron chi connectivity index (χ2n) is 28.2. The summed E-state index contributed by atoms with van der Waals surface area (Å²) in [6, 6.07) is 37.1. The number of rotatable bonds is 36. The van der Waals surface area contributed by atoms with Crippen molar-refractivity contribution in [3.63, 3.8) is 0 Å². The first-order valence-electron chi connectivity index (χ1n) is 40.4. The van der Waals surface area contributed by atoms with Gasteiger partial charge >= 0.3 is 48.0 Å². The van der Waals surface area contributed by atoms with Crippen molar-refractivity contribution in [1.29, 1.82) is 0 Å². The number of carbonyl (C=O) groups excluding carboxylic acids is 8. The van der Waals surface area contributed by atoms with Gasteiger partial charge in [0.2, 0.25) is 0 Å². The lowest BCUT2D eigenvalue weighted by Crippen LogP contribution is -2.24. The molecule has 128 heavy (non-hydrogen) atoms. The van der Waals surface area contributed by atoms with Gasteiger partial charge in [0.1, 0.15) is 58.5 Å². The molecule has 8 aromatic rings. The Morgan fingerprint density at radius 3 is 0.695 bits per heavy atom. The van der Waals surface area contributed by atoms with Crippen LogP contribution in [-0.2, 0) is 47.5 Å². The van der Waals surface area contributed by atoms with E-state index in [0.29, 0.717) is 156 Å². The van der Waals surface area contributed by atoms with Crippen LogP contribution in [0.5, 0.6) is 69.0 Å². The number of hydrogen-bond acceptors (Lipinski definition) is 28. The molecule has 30 nitrogen and oxygen atoms in total. The number of methoxy groups -OCH3 is 18. The molecular formula is C98H114N2O28. The van der Waals surface area contributed by atoms with Crippen LogP contribution in [0.2, 0.25) is 0 Å². The molecule has 0 spiro atoms. The Kier molecular flexibility index (Phi) is 39.4. The van der Waals surface area contributed by atoms with Crippen LogP contribution in [0.4, 0.5) is 9.59 Å². The highest BCUT2D eigenvalue weighted by Crippen LogP contribution is 2.42. The lowest BCUT2D eigenvalue weighted by Gasteiger charge is -2.17. The van der Waals surface area contributed by atoms with Crippen molar-refractivity contribution in [3.05, 3.63) is 235 Å². The highest BCUT2D eigenvalue weighted by Gasteiger charge is 2.28. The predicted molar refractivity (Wildman–Crippen MR) is 480 cm³/mol. The van der Waals surface area contributed by atoms with Gasteiger partial charge in [0.15, 0.2) is 46.0 Å². The van der Waals surface area contributed by atoms with E-state index in [1.54, 1.807) is 103 Å². The number of cyclic esters (lactones) is 2. The predicted octanol–water partition coefficient (Wildman–Crippen LogP) is 16.5. The summed E-state index contributed by atoms with van der Waals surface area (Å²) in [5.41, 5.74) is 14.4. The fraction of sp³-hybridized carbons (Fsp3) is 0.347. The van der Waals surface area contributed by atoms with E-state index in [9.17, 15) is 38.4 Å². The maximum absolute atomic E-state index is 12.4. The SMILES string of the molecule is COC(=O)CC/C=C(/c1ccc(OC)c(OC)c1)c1cc(C)c(OC)c(C(=O)OC)c1.COC(=O)CC/C=C(\c1ccc(OC)c(OC)c1)c1cc(C)c(OC)c(C(=O)OC)c1.COC(=O)c1cc(/C(=C/CCN2CCOC2=O)c2ccc(OC)c(OC)c2)cc(C)c1OC.COC(=O)c1cc(/C(=C\CCN2CCOC2=O)c2ccc(OC)c(OC)c2)cc(C)c1OC. The number of benzene rings is 8. The normalized spacial score (nSPS) is 12.3. The number of ether oxygens (including phenoxy) is 20. The lowest BCUT2D eigenvalue weighted by atomic mass is 9.92. The third kappa shape index (κ3) is 25.9. The molecule has 684 valence electrons. The number of amides is 2. The molecule has 10 rings (SSSR count). The van der Waals surface area contributed by atoms with Crippen LogP contribution >= 0.6 is 0 Å². The molecule has 2 aliphatic rings. The van der Waals surface area contributed by atoms with Crippen LogP contribution in [0.15, 0.2) is 146 Å². The van der Waals surface area contributed by atoms with Gasteiger partial charge < -0.3 is 105 Å². The first kappa shape index (κ1) is 101. The van der Waals surface area contributed by atoms with Gasteiger partial charge in [-0.15, -0.1) is 0 Å². The maximum Gasteiger partial charge on any atom is 0.409 e. The Morgan fingerprint density at radius 1 is 0.281 bits per heavy atom. The summed E-state index contributed by atoms with van der Waals surface area (Å²) < 4.78 is 104. The minimum atomic E-state index is -0.497. The van der Waals surface area contributed by atoms with E-state index in [1.807, 2.05) is 137 Å². The van der Waals surface area contributed by atoms with Crippen LogP contribution in [-0.4, -0.2) is 225 Å². The van der Waals surface area contributed by atoms with Crippen molar-refractivity contribution in [2.75, 3.05) is 167 Å². The lowest BCUT2D eigenvalue weighted by molar-refractivity contribution is -0.141. The van der Waals surface area contributed by atoms with Crippen LogP contribution in [0.3, 0.4) is 0 Å². The molecule has 2 heterocycles. The van der Waals surface area contributed by atoms with Gasteiger partial charge in [0, 0.05) is 25.9 Å². The zero-order valence-electron chi connectivity index (χ0n) is 76.7. The van der Waals surface area contributed by atoms with Crippen LogP contribution in [0.25, 0.3) is 22.3 Å². The van der Waals surface area contributed by atoms with Crippen molar-refractivity contribution in [3.8, 4) is 69.0 Å². The van der Waals surface area contributed by atoms with Gasteiger partial charge in [-0.3, -0.25) is 9.59 Å². The van der Waals surface area contributed by atoms with E-state index in [0.717, 1.165) is 89.1 Å². The Morgan fingerprint density at radius 2 is 0.508 bits per heavy atom. The van der Waals surface area contributed by atoms with Gasteiger partial charge in [0.25, 0.3) is 0 Å². The Balaban J connectivity index is 0.000000234. The summed E-state index contributed by atoms with van der Waals surface area (Å²) in [5.74, 6) is 4.01. The minimum absolute atomic E-state index is 0.228. The molecule has 0 aromatic heterocycles. The van der Waals surface area contributed by atoms with Crippen LogP contribution in [0.1, 0.15) is 147 Å². The smallest absolute Gasteiger partial charge is 0.409 e. The molecule has 2 amide bonds. The van der Waals surface area contributed by atoms with E-state index in [4.69, 9.17) is 94.7 Å². The number of hydrogen-bond donors (Lipinski definition) is 0. The third-order valence-electron chi connectivity index (χ3n) is 20.6. The van der Waals surface area contributed by atoms with E-state index in [2.05, 4.69) is 0 Å². The molecule has 30 heteroatoms. The number of nitrogens with zero attached hydrogens (tertiary/aromatic N) is 2. The second-order valence-corrected chi connectivity index (χ2v) is 28.2. The molecule has 0 N–H and O–H groups in total. The molecule has 0 aliphatic carbocycles. The number of aryl methyl sites for hydroxylation is 4. The minimum Gasteiger partial charge on any atom is -0.496 e. The summed E-state index contributed by atoms with van der Waals surface area (Å²) in [7, 11) is 26.7. The van der Waals surface area contributed by atoms with Gasteiger partial charge in [-0.05, 0) is 239 Å². The second kappa shape index (κ2) is 50.0. The first-order valence-corrected chi connectivity index (χ1v) is 40.4. The fourth-order valence-electron chi connectivity index (χ4n) is 14.3. The Hall–Kier alpha value is -14.3. The van der Waals surface area contributed by atoms with Crippen molar-refractivity contribution in [1.82, 2.24) is 9.80 Å². The van der Waals surface area contributed by atoms with E-state index >= 15 is 0 Å². The molecule has 0 unspecified atom stereocenters. The average Bonchev–Trinajstić information content (AvgIpc) is 0.874. The Labute approximate surface area is 746 Å². The average molecular weight is 1770 g/mol. The summed E-state index contributed by atoms with van der Waals surface area (Å²) in [6.07, 6.45) is 9.89. The molecule has 2 saturated heterocycles. The number of allylic oxidation sites excluding steroid dienone is 2. The molecular weight excluding hydrogens is 1650 g/mol. The van der Waals surface area contributed by atoms with Crippen LogP contribution < -0.4 is 56.8 Å². The largest absolute Gasteiger partial charge is 0.496 e. The van der Waals surface area contributed by atoms with Crippen molar-refractivity contribution in [2.24, 2.45) is 0 Å². The molecule has 2 aliphatic heterocycles. The van der Waals surface area contributed by atoms with Crippen molar-refractivity contribution in [2.45, 2.75) is 66.2 Å². The first-order chi connectivity index (χ1) is 61.6. The van der Waals surface area contributed by atoms with E-state index in [1.165, 1.54) is 71.1 Å². The molecule has 0 bridgehead atoms. The number of esters is 6. The quantitative estimate of drug-likeness (QED) is 0.0260. The van der Waals surface area contributed by atoms with Gasteiger partial charge in [-0.2, -0.15) is 0 Å². The Bertz CT molecular complexity index is 5060. The summed E-state index contributed by atoms with van der Waals surface area (Å²) in [4.78, 5) is 99.8. The zero-order chi connectivity index (χ0) is 93.8. The summed E-state index contributed by atoms with van der Waals surface area (Å²) in [6.45, 7) is 10.5. The van der Waals surface area contributed by atoms with E-state index < -0.39 is 23.9 Å². The summed E-state index contributed by atoms with van der Waals surface area (Å²) >= 11 is 0. The van der Waals surface area contributed by atoms with Gasteiger partial charge in [-0.1, -0.05) is 48.6 Å². The van der Waals surface area contributed by atoms with Crippen molar-refractivity contribution >= 4 is 70.3 Å². The third-order valence-corrected chi connectivity index (χ3v) is 20.6. The number of carbonyl (C=O) groups is 8. The van der Waals surface area contributed by atoms with Gasteiger partial charge in [0.05, 0.1) is 141 Å². The van der Waals surface area contributed by atoms with Gasteiger partial charge in [-0.25, -0.2) is 28.8 Å². The topological polar surface area (TPSA) is 328 Å². The molecule has 0 radical (unpaired) electrons. The van der Waals surface area contributed by atoms with E-state index in [-0.39, 0.29) is 37.0 Å². The maximum atomic E-state index is 12.4. The standard InChI is InChI=1S/2C25H29NO7.2C24H28O7/c2*1-16-13-18(14-20(23(16)31-4)24(27)32-5)19(7-6-10-26-11-12-33-25(26)28)17-8-9-21(29-2)22(15-17)30-3;2*1-15-12-17(13-19(23(15)30-5)24(26)31-6)18(8-7-9-22(25)29-4)16-10-11-20(27-2)21(14-16)28-3/h2*7-9,13-15H,6,10-12H2,1-5H3;2*8,10-14H,7,9H2,1-6H3/b19-7+;19-7-;18-8+;18-8-. The molecule has 0 atom stereocenters. The van der Waals surface area contributed by atoms with Crippen molar-refractivity contribution < 1.29 is 133 Å². The highest BCUT2D eigenvalue weighted by molar-refractivity contribution is 5.99.